The Kier molecular flexibility index (Phi) is 2.60. The molecule has 0 radical (unpaired) electrons. The first kappa shape index (κ1) is 11.7. The Balaban J connectivity index is 2.18. The zero-order valence-corrected chi connectivity index (χ0v) is 11.0. The van der Waals surface area contributed by atoms with Crippen molar-refractivity contribution in [3.8, 4) is 0 Å². The topological polar surface area (TPSA) is 37.4 Å². The highest BCUT2D eigenvalue weighted by atomic mass is 35.7. The van der Waals surface area contributed by atoms with E-state index in [9.17, 15) is 8.42 Å². The van der Waals surface area contributed by atoms with Gasteiger partial charge in [0.25, 0.3) is 9.24 Å². The first-order chi connectivity index (χ1) is 6.74. The van der Waals surface area contributed by atoms with Crippen molar-refractivity contribution in [2.45, 2.75) is 39.2 Å². The quantitative estimate of drug-likeness (QED) is 0.706. The number of hydrogen-bond acceptors (Lipinski definition) is 2. The molecule has 0 aliphatic heterocycles. The third-order valence-corrected chi connectivity index (χ3v) is 6.24. The SMILES string of the molecule is CN([C@H]1CC[C@@H]2C[C@@H]1C2(C)C)S(=O)(=O)Cl. The van der Waals surface area contributed by atoms with E-state index >= 15 is 0 Å². The van der Waals surface area contributed by atoms with Crippen LogP contribution in [0.2, 0.25) is 0 Å². The highest BCUT2D eigenvalue weighted by Gasteiger charge is 2.56. The van der Waals surface area contributed by atoms with E-state index in [2.05, 4.69) is 13.8 Å². The number of rotatable bonds is 2. The molecule has 15 heavy (non-hydrogen) atoms. The van der Waals surface area contributed by atoms with Crippen LogP contribution in [0.4, 0.5) is 0 Å². The minimum Gasteiger partial charge on any atom is -0.195 e. The van der Waals surface area contributed by atoms with Gasteiger partial charge in [-0.3, -0.25) is 0 Å². The highest BCUT2D eigenvalue weighted by Crippen LogP contribution is 2.60. The molecule has 3 saturated carbocycles. The van der Waals surface area contributed by atoms with Crippen molar-refractivity contribution in [2.24, 2.45) is 17.3 Å². The molecule has 3 rings (SSSR count). The molecule has 3 nitrogen and oxygen atoms in total. The number of nitrogens with zero attached hydrogens (tertiary/aromatic N) is 1. The normalized spacial score (nSPS) is 38.9. The second-order valence-electron chi connectivity index (χ2n) is 5.46. The van der Waals surface area contributed by atoms with Crippen molar-refractivity contribution in [2.75, 3.05) is 7.05 Å². The summed E-state index contributed by atoms with van der Waals surface area (Å²) in [6, 6.07) is 0.104. The molecule has 0 unspecified atom stereocenters. The molecule has 0 aromatic rings. The molecule has 88 valence electrons. The molecular formula is C10H18ClNO2S. The zero-order valence-electron chi connectivity index (χ0n) is 9.40. The van der Waals surface area contributed by atoms with Crippen LogP contribution in [0.15, 0.2) is 0 Å². The molecule has 0 N–H and O–H groups in total. The van der Waals surface area contributed by atoms with Gasteiger partial charge < -0.3 is 0 Å². The maximum Gasteiger partial charge on any atom is 0.299 e. The van der Waals surface area contributed by atoms with Crippen molar-refractivity contribution >= 4 is 19.9 Å². The lowest BCUT2D eigenvalue weighted by molar-refractivity contribution is -0.100. The fourth-order valence-electron chi connectivity index (χ4n) is 3.37. The summed E-state index contributed by atoms with van der Waals surface area (Å²) in [5.74, 6) is 1.26. The maximum absolute atomic E-state index is 11.3. The lowest BCUT2D eigenvalue weighted by Crippen LogP contribution is -2.59. The third-order valence-electron chi connectivity index (χ3n) is 4.63. The number of halogens is 1. The predicted octanol–water partition coefficient (Wildman–Crippen LogP) is 2.23. The van der Waals surface area contributed by atoms with Gasteiger partial charge in [0.05, 0.1) is 0 Å². The Hall–Kier alpha value is 0.200. The minimum absolute atomic E-state index is 0.104. The molecule has 3 aliphatic rings. The van der Waals surface area contributed by atoms with E-state index in [4.69, 9.17) is 10.7 Å². The predicted molar refractivity (Wildman–Crippen MR) is 60.9 cm³/mol. The van der Waals surface area contributed by atoms with Crippen molar-refractivity contribution in [3.05, 3.63) is 0 Å². The summed E-state index contributed by atoms with van der Waals surface area (Å²) in [6.45, 7) is 4.49. The maximum atomic E-state index is 11.3. The number of hydrogen-bond donors (Lipinski definition) is 0. The lowest BCUT2D eigenvalue weighted by atomic mass is 9.47. The van der Waals surface area contributed by atoms with Crippen LogP contribution in [0.25, 0.3) is 0 Å². The first-order valence-corrected chi connectivity index (χ1v) is 7.69. The Morgan fingerprint density at radius 2 is 1.93 bits per heavy atom. The summed E-state index contributed by atoms with van der Waals surface area (Å²) in [7, 11) is 3.43. The number of fused-ring (bicyclic) bond motifs is 2. The van der Waals surface area contributed by atoms with Crippen LogP contribution >= 0.6 is 10.7 Å². The Morgan fingerprint density at radius 1 is 1.33 bits per heavy atom. The van der Waals surface area contributed by atoms with E-state index in [-0.39, 0.29) is 6.04 Å². The van der Waals surface area contributed by atoms with Gasteiger partial charge in [0, 0.05) is 23.8 Å². The van der Waals surface area contributed by atoms with Crippen LogP contribution in [-0.4, -0.2) is 25.8 Å². The van der Waals surface area contributed by atoms with E-state index < -0.39 is 9.24 Å². The van der Waals surface area contributed by atoms with Gasteiger partial charge in [-0.1, -0.05) is 13.8 Å². The average Bonchev–Trinajstić information content (AvgIpc) is 2.15. The van der Waals surface area contributed by atoms with Gasteiger partial charge in [-0.05, 0) is 36.5 Å². The smallest absolute Gasteiger partial charge is 0.195 e. The van der Waals surface area contributed by atoms with Gasteiger partial charge in [0.1, 0.15) is 0 Å². The van der Waals surface area contributed by atoms with Crippen molar-refractivity contribution < 1.29 is 8.42 Å². The lowest BCUT2D eigenvalue weighted by Gasteiger charge is -2.61. The highest BCUT2D eigenvalue weighted by molar-refractivity contribution is 8.11. The first-order valence-electron chi connectivity index (χ1n) is 5.42. The van der Waals surface area contributed by atoms with Gasteiger partial charge in [0.2, 0.25) is 0 Å². The molecule has 0 amide bonds. The minimum atomic E-state index is -3.56. The van der Waals surface area contributed by atoms with E-state index in [0.717, 1.165) is 25.2 Å². The van der Waals surface area contributed by atoms with Gasteiger partial charge in [-0.15, -0.1) is 0 Å². The van der Waals surface area contributed by atoms with Crippen molar-refractivity contribution in [3.63, 3.8) is 0 Å². The summed E-state index contributed by atoms with van der Waals surface area (Å²) in [6.07, 6.45) is 3.25. The molecule has 3 atom stereocenters. The molecule has 0 aromatic heterocycles. The van der Waals surface area contributed by atoms with Crippen molar-refractivity contribution in [1.29, 1.82) is 0 Å². The second kappa shape index (κ2) is 3.34. The summed E-state index contributed by atoms with van der Waals surface area (Å²) >= 11 is 0. The Bertz CT molecular complexity index is 364. The molecule has 2 bridgehead atoms. The van der Waals surface area contributed by atoms with Crippen LogP contribution in [0, 0.1) is 17.3 Å². The largest absolute Gasteiger partial charge is 0.299 e. The fraction of sp³-hybridized carbons (Fsp3) is 1.00. The Morgan fingerprint density at radius 3 is 2.33 bits per heavy atom. The molecule has 0 spiro atoms. The Labute approximate surface area is 96.3 Å². The van der Waals surface area contributed by atoms with E-state index in [1.54, 1.807) is 7.05 Å². The standard InChI is InChI=1S/C10H18ClNO2S/c1-10(2)7-4-5-9(8(10)6-7)12(3)15(11,13)14/h7-9H,4-6H2,1-3H3/t7-,8+,9+/m1/s1. The fourth-order valence-corrected chi connectivity index (χ4v) is 4.25. The van der Waals surface area contributed by atoms with Crippen LogP contribution in [-0.2, 0) is 9.24 Å². The average molecular weight is 252 g/mol. The van der Waals surface area contributed by atoms with Gasteiger partial charge in [0.15, 0.2) is 0 Å². The van der Waals surface area contributed by atoms with E-state index in [1.165, 1.54) is 4.31 Å². The summed E-state index contributed by atoms with van der Waals surface area (Å²) < 4.78 is 23.9. The van der Waals surface area contributed by atoms with E-state index in [1.807, 2.05) is 0 Å². The summed E-state index contributed by atoms with van der Waals surface area (Å²) in [5, 5.41) is 0. The van der Waals surface area contributed by atoms with Crippen molar-refractivity contribution in [1.82, 2.24) is 4.31 Å². The second-order valence-corrected chi connectivity index (χ2v) is 8.03. The molecule has 0 aromatic carbocycles. The molecule has 3 aliphatic carbocycles. The monoisotopic (exact) mass is 251 g/mol. The van der Waals surface area contributed by atoms with Gasteiger partial charge >= 0.3 is 0 Å². The molecule has 5 heteroatoms. The van der Waals surface area contributed by atoms with Crippen LogP contribution < -0.4 is 0 Å². The zero-order chi connectivity index (χ0) is 11.4. The molecule has 0 heterocycles. The molecule has 3 fully saturated rings. The van der Waals surface area contributed by atoms with Gasteiger partial charge in [-0.2, -0.15) is 12.7 Å². The third kappa shape index (κ3) is 1.71. The van der Waals surface area contributed by atoms with Crippen LogP contribution in [0.3, 0.4) is 0 Å². The van der Waals surface area contributed by atoms with Crippen LogP contribution in [0.5, 0.6) is 0 Å². The molecule has 0 saturated heterocycles. The summed E-state index contributed by atoms with van der Waals surface area (Å²) in [5.41, 5.74) is 0.290. The van der Waals surface area contributed by atoms with Crippen LogP contribution in [0.1, 0.15) is 33.1 Å². The van der Waals surface area contributed by atoms with Gasteiger partial charge in [-0.25, -0.2) is 0 Å². The summed E-state index contributed by atoms with van der Waals surface area (Å²) in [4.78, 5) is 0. The molecular weight excluding hydrogens is 234 g/mol. The van der Waals surface area contributed by atoms with E-state index in [0.29, 0.717) is 11.3 Å².